The van der Waals surface area contributed by atoms with E-state index in [2.05, 4.69) is 5.32 Å². The summed E-state index contributed by atoms with van der Waals surface area (Å²) in [7, 11) is 1.68. The molecular formula is C20H27N3O4. The molecular weight excluding hydrogens is 346 g/mol. The molecule has 1 aromatic heterocycles. The van der Waals surface area contributed by atoms with E-state index in [1.54, 1.807) is 26.1 Å². The molecule has 2 aliphatic heterocycles. The van der Waals surface area contributed by atoms with Gasteiger partial charge in [0.15, 0.2) is 5.76 Å². The molecule has 146 valence electrons. The van der Waals surface area contributed by atoms with Crippen molar-refractivity contribution in [1.82, 2.24) is 15.1 Å². The highest BCUT2D eigenvalue weighted by Gasteiger charge is 2.64. The summed E-state index contributed by atoms with van der Waals surface area (Å²) in [5.41, 5.74) is -0.454. The first-order valence-electron chi connectivity index (χ1n) is 9.72. The van der Waals surface area contributed by atoms with Crippen molar-refractivity contribution in [2.45, 2.75) is 32.6 Å². The van der Waals surface area contributed by atoms with E-state index < -0.39 is 5.41 Å². The number of piperidine rings is 1. The molecule has 3 heterocycles. The number of carbonyl (C=O) groups is 3. The molecule has 1 aromatic rings. The largest absolute Gasteiger partial charge is 0.459 e. The van der Waals surface area contributed by atoms with Gasteiger partial charge in [-0.25, -0.2) is 0 Å². The maximum Gasteiger partial charge on any atom is 0.289 e. The second-order valence-corrected chi connectivity index (χ2v) is 8.32. The van der Waals surface area contributed by atoms with Crippen LogP contribution in [-0.2, 0) is 9.59 Å². The van der Waals surface area contributed by atoms with Crippen LogP contribution in [0.15, 0.2) is 22.8 Å². The molecule has 7 heteroatoms. The molecule has 7 nitrogen and oxygen atoms in total. The Kier molecular flexibility index (Phi) is 4.28. The van der Waals surface area contributed by atoms with Crippen LogP contribution in [0.1, 0.15) is 43.2 Å². The number of hydrogen-bond acceptors (Lipinski definition) is 4. The van der Waals surface area contributed by atoms with Gasteiger partial charge in [0.2, 0.25) is 11.8 Å². The normalized spacial score (nSPS) is 29.0. The summed E-state index contributed by atoms with van der Waals surface area (Å²) in [4.78, 5) is 41.1. The van der Waals surface area contributed by atoms with E-state index in [1.165, 1.54) is 6.26 Å². The van der Waals surface area contributed by atoms with Crippen molar-refractivity contribution in [3.8, 4) is 0 Å². The third kappa shape index (κ3) is 2.66. The van der Waals surface area contributed by atoms with Crippen LogP contribution in [-0.4, -0.2) is 60.7 Å². The number of amides is 3. The van der Waals surface area contributed by atoms with Crippen LogP contribution in [0.25, 0.3) is 0 Å². The van der Waals surface area contributed by atoms with Crippen molar-refractivity contribution in [2.75, 3.05) is 33.2 Å². The van der Waals surface area contributed by atoms with Gasteiger partial charge >= 0.3 is 0 Å². The molecule has 1 aliphatic carbocycles. The number of fused-ring (bicyclic) bond motifs is 2. The summed E-state index contributed by atoms with van der Waals surface area (Å²) in [5.74, 6) is 0.563. The topological polar surface area (TPSA) is 82.9 Å². The number of rotatable bonds is 2. The summed E-state index contributed by atoms with van der Waals surface area (Å²) < 4.78 is 5.25. The van der Waals surface area contributed by atoms with Gasteiger partial charge < -0.3 is 19.5 Å². The van der Waals surface area contributed by atoms with Crippen LogP contribution < -0.4 is 5.32 Å². The number of nitrogens with zero attached hydrogens (tertiary/aromatic N) is 2. The first-order chi connectivity index (χ1) is 12.9. The lowest BCUT2D eigenvalue weighted by atomic mass is 9.65. The Morgan fingerprint density at radius 2 is 1.89 bits per heavy atom. The van der Waals surface area contributed by atoms with Gasteiger partial charge in [0.05, 0.1) is 11.7 Å². The number of hydrogen-bond donors (Lipinski definition) is 1. The van der Waals surface area contributed by atoms with Gasteiger partial charge in [-0.05, 0) is 49.1 Å². The smallest absolute Gasteiger partial charge is 0.289 e. The molecule has 3 amide bonds. The molecule has 1 spiro atoms. The summed E-state index contributed by atoms with van der Waals surface area (Å²) in [6.45, 7) is 4.08. The fourth-order valence-electron chi connectivity index (χ4n) is 5.73. The van der Waals surface area contributed by atoms with E-state index in [-0.39, 0.29) is 29.1 Å². The van der Waals surface area contributed by atoms with E-state index >= 15 is 0 Å². The summed E-state index contributed by atoms with van der Waals surface area (Å²) >= 11 is 0. The van der Waals surface area contributed by atoms with Gasteiger partial charge in [0, 0.05) is 40.2 Å². The average Bonchev–Trinajstić information content (AvgIpc) is 3.38. The average molecular weight is 373 g/mol. The van der Waals surface area contributed by atoms with Gasteiger partial charge in [-0.1, -0.05) is 0 Å². The lowest BCUT2D eigenvalue weighted by Gasteiger charge is -2.44. The zero-order valence-electron chi connectivity index (χ0n) is 16.0. The first-order valence-corrected chi connectivity index (χ1v) is 9.72. The van der Waals surface area contributed by atoms with Gasteiger partial charge in [0.25, 0.3) is 5.91 Å². The van der Waals surface area contributed by atoms with Crippen molar-refractivity contribution in [3.05, 3.63) is 24.2 Å². The second-order valence-electron chi connectivity index (χ2n) is 8.32. The number of likely N-dealkylation sites (tertiary alicyclic amines) is 2. The molecule has 2 saturated heterocycles. The van der Waals surface area contributed by atoms with Crippen LogP contribution >= 0.6 is 0 Å². The predicted molar refractivity (Wildman–Crippen MR) is 97.8 cm³/mol. The minimum atomic E-state index is -0.479. The maximum absolute atomic E-state index is 12.8. The predicted octanol–water partition coefficient (Wildman–Crippen LogP) is 1.51. The fourth-order valence-corrected chi connectivity index (χ4v) is 5.73. The van der Waals surface area contributed by atoms with E-state index in [0.29, 0.717) is 31.9 Å². The Bertz CT molecular complexity index is 751. The minimum Gasteiger partial charge on any atom is -0.459 e. The third-order valence-corrected chi connectivity index (χ3v) is 7.25. The molecule has 0 aromatic carbocycles. The molecule has 3 fully saturated rings. The highest BCUT2D eigenvalue weighted by molar-refractivity contribution is 5.91. The van der Waals surface area contributed by atoms with Gasteiger partial charge in [0.1, 0.15) is 0 Å². The Morgan fingerprint density at radius 3 is 2.48 bits per heavy atom. The van der Waals surface area contributed by atoms with Gasteiger partial charge in [-0.15, -0.1) is 0 Å². The molecule has 0 unspecified atom stereocenters. The Morgan fingerprint density at radius 1 is 1.15 bits per heavy atom. The summed E-state index contributed by atoms with van der Waals surface area (Å²) in [6, 6.07) is 3.42. The van der Waals surface area contributed by atoms with Crippen molar-refractivity contribution in [2.24, 2.45) is 16.7 Å². The lowest BCUT2D eigenvalue weighted by molar-refractivity contribution is -0.133. The number of nitrogens with one attached hydrogen (secondary N) is 1. The third-order valence-electron chi connectivity index (χ3n) is 7.25. The van der Waals surface area contributed by atoms with Crippen LogP contribution in [0.2, 0.25) is 0 Å². The van der Waals surface area contributed by atoms with Crippen LogP contribution in [0.4, 0.5) is 0 Å². The van der Waals surface area contributed by atoms with Gasteiger partial charge in [-0.2, -0.15) is 0 Å². The zero-order valence-corrected chi connectivity index (χ0v) is 16.0. The maximum atomic E-state index is 12.8. The molecule has 1 saturated carbocycles. The van der Waals surface area contributed by atoms with E-state index in [1.807, 2.05) is 9.80 Å². The molecule has 27 heavy (non-hydrogen) atoms. The standard InChI is InChI=1S/C20H27N3O4/c1-14(24)23-12-16-19(5-6-20(16,13-23)18(26)21-2)7-9-22(10-8-19)17(25)15-4-3-11-27-15/h3-4,11,16H,5-10,12-13H2,1-2H3,(H,21,26)/t16-,20+/m0/s1. The zero-order chi connectivity index (χ0) is 19.2. The second kappa shape index (κ2) is 6.39. The van der Waals surface area contributed by atoms with Crippen LogP contribution in [0.3, 0.4) is 0 Å². The Balaban J connectivity index is 1.54. The highest BCUT2D eigenvalue weighted by Crippen LogP contribution is 2.62. The van der Waals surface area contributed by atoms with Crippen molar-refractivity contribution >= 4 is 17.7 Å². The first kappa shape index (κ1) is 18.1. The van der Waals surface area contributed by atoms with E-state index in [4.69, 9.17) is 4.42 Å². The fraction of sp³-hybridized carbons (Fsp3) is 0.650. The Labute approximate surface area is 159 Å². The highest BCUT2D eigenvalue weighted by atomic mass is 16.3. The quantitative estimate of drug-likeness (QED) is 0.852. The van der Waals surface area contributed by atoms with Crippen molar-refractivity contribution in [1.29, 1.82) is 0 Å². The lowest BCUT2D eigenvalue weighted by Crippen LogP contribution is -2.49. The van der Waals surface area contributed by atoms with E-state index in [0.717, 1.165) is 25.7 Å². The van der Waals surface area contributed by atoms with Crippen molar-refractivity contribution < 1.29 is 18.8 Å². The van der Waals surface area contributed by atoms with Crippen molar-refractivity contribution in [3.63, 3.8) is 0 Å². The molecule has 0 bridgehead atoms. The summed E-state index contributed by atoms with van der Waals surface area (Å²) in [6.07, 6.45) is 5.05. The van der Waals surface area contributed by atoms with Crippen LogP contribution in [0, 0.1) is 16.7 Å². The van der Waals surface area contributed by atoms with Gasteiger partial charge in [-0.3, -0.25) is 14.4 Å². The molecule has 1 N–H and O–H groups in total. The molecule has 3 aliphatic rings. The minimum absolute atomic E-state index is 0.0245. The van der Waals surface area contributed by atoms with E-state index in [9.17, 15) is 14.4 Å². The number of carbonyl (C=O) groups excluding carboxylic acids is 3. The Hall–Kier alpha value is -2.31. The monoisotopic (exact) mass is 373 g/mol. The summed E-state index contributed by atoms with van der Waals surface area (Å²) in [5, 5.41) is 2.84. The number of furan rings is 1. The van der Waals surface area contributed by atoms with Crippen LogP contribution in [0.5, 0.6) is 0 Å². The molecule has 0 radical (unpaired) electrons. The SMILES string of the molecule is CNC(=O)[C@@]12CCC3(CCN(C(=O)c4ccco4)CC3)[C@@H]1CN(C(C)=O)C2. The molecule has 4 rings (SSSR count). The molecule has 2 atom stereocenters.